The number of nitrogens with one attached hydrogen (secondary N) is 3. The van der Waals surface area contributed by atoms with Crippen LogP contribution in [0.25, 0.3) is 10.9 Å². The third-order valence-corrected chi connectivity index (χ3v) is 4.00. The number of aromatic nitrogens is 1. The van der Waals surface area contributed by atoms with Crippen molar-refractivity contribution >= 4 is 34.3 Å². The van der Waals surface area contributed by atoms with Gasteiger partial charge in [-0.05, 0) is 68.3 Å². The Bertz CT molecular complexity index is 958. The number of hydrogen-bond acceptors (Lipinski definition) is 3. The number of amides is 2. The van der Waals surface area contributed by atoms with E-state index in [2.05, 4.69) is 21.7 Å². The fourth-order valence-electron chi connectivity index (χ4n) is 2.84. The minimum atomic E-state index is -0.506. The lowest BCUT2D eigenvalue weighted by Crippen LogP contribution is -2.14. The number of anilines is 2. The Balaban J connectivity index is 1.72. The molecule has 1 aromatic heterocycles. The number of aromatic amines is 1. The highest BCUT2D eigenvalue weighted by Crippen LogP contribution is 2.22. The van der Waals surface area contributed by atoms with Gasteiger partial charge in [-0.25, -0.2) is 4.79 Å². The van der Waals surface area contributed by atoms with E-state index in [0.29, 0.717) is 23.7 Å². The molecule has 3 N–H and O–H groups in total. The molecule has 1 heterocycles. The number of fused-ring (bicyclic) bond motifs is 1. The van der Waals surface area contributed by atoms with E-state index in [1.54, 1.807) is 31.2 Å². The lowest BCUT2D eigenvalue weighted by atomic mass is 10.1. The van der Waals surface area contributed by atoms with Crippen LogP contribution in [0, 0.1) is 13.8 Å². The summed E-state index contributed by atoms with van der Waals surface area (Å²) < 4.78 is 4.82. The monoisotopic (exact) mass is 351 g/mol. The van der Waals surface area contributed by atoms with E-state index in [0.717, 1.165) is 22.0 Å². The maximum Gasteiger partial charge on any atom is 0.411 e. The third kappa shape index (κ3) is 3.85. The molecule has 134 valence electrons. The molecule has 0 aliphatic rings. The van der Waals surface area contributed by atoms with E-state index < -0.39 is 6.09 Å². The summed E-state index contributed by atoms with van der Waals surface area (Å²) in [6.45, 7) is 6.10. The first-order valence-electron chi connectivity index (χ1n) is 8.41. The van der Waals surface area contributed by atoms with Crippen molar-refractivity contribution in [3.63, 3.8) is 0 Å². The van der Waals surface area contributed by atoms with Gasteiger partial charge >= 0.3 is 6.09 Å². The molecule has 2 aromatic carbocycles. The highest BCUT2D eigenvalue weighted by molar-refractivity contribution is 6.06. The second kappa shape index (κ2) is 7.31. The molecule has 0 aliphatic carbocycles. The van der Waals surface area contributed by atoms with Crippen molar-refractivity contribution in [1.29, 1.82) is 0 Å². The molecule has 3 rings (SSSR count). The number of rotatable bonds is 4. The quantitative estimate of drug-likeness (QED) is 0.642. The molecular formula is C20H21N3O3. The normalized spacial score (nSPS) is 10.6. The topological polar surface area (TPSA) is 83.2 Å². The van der Waals surface area contributed by atoms with Crippen LogP contribution in [0.3, 0.4) is 0 Å². The Morgan fingerprint density at radius 2 is 1.65 bits per heavy atom. The molecule has 0 saturated heterocycles. The first kappa shape index (κ1) is 17.5. The Labute approximate surface area is 151 Å². The first-order chi connectivity index (χ1) is 12.5. The van der Waals surface area contributed by atoms with Gasteiger partial charge in [0.25, 0.3) is 5.91 Å². The van der Waals surface area contributed by atoms with Gasteiger partial charge in [0.05, 0.1) is 6.61 Å². The predicted octanol–water partition coefficient (Wildman–Crippen LogP) is 4.61. The van der Waals surface area contributed by atoms with Crippen LogP contribution in [0.5, 0.6) is 0 Å². The summed E-state index contributed by atoms with van der Waals surface area (Å²) in [5.41, 5.74) is 4.95. The van der Waals surface area contributed by atoms with Crippen molar-refractivity contribution in [3.05, 3.63) is 59.3 Å². The van der Waals surface area contributed by atoms with Gasteiger partial charge in [0.2, 0.25) is 0 Å². The number of hydrogen-bond donors (Lipinski definition) is 3. The Morgan fingerprint density at radius 1 is 1.00 bits per heavy atom. The number of aryl methyl sites for hydroxylation is 2. The number of carbonyl (C=O) groups excluding carboxylic acids is 2. The standard InChI is InChI=1S/C20H21N3O3/c1-4-26-20(25)22-15-7-5-14(6-8-15)21-19(24)18-11-16-13(3)9-12(2)10-17(16)23-18/h5-11,23H,4H2,1-3H3,(H,21,24)(H,22,25). The molecule has 0 bridgehead atoms. The molecule has 0 atom stereocenters. The average molecular weight is 351 g/mol. The van der Waals surface area contributed by atoms with Crippen molar-refractivity contribution < 1.29 is 14.3 Å². The van der Waals surface area contributed by atoms with Gasteiger partial charge in [-0.15, -0.1) is 0 Å². The zero-order chi connectivity index (χ0) is 18.7. The number of benzene rings is 2. The molecule has 6 nitrogen and oxygen atoms in total. The van der Waals surface area contributed by atoms with Gasteiger partial charge in [-0.2, -0.15) is 0 Å². The summed E-state index contributed by atoms with van der Waals surface area (Å²) in [6, 6.07) is 12.8. The van der Waals surface area contributed by atoms with E-state index >= 15 is 0 Å². The van der Waals surface area contributed by atoms with Crippen LogP contribution in [0.15, 0.2) is 42.5 Å². The predicted molar refractivity (Wildman–Crippen MR) is 103 cm³/mol. The van der Waals surface area contributed by atoms with Gasteiger partial charge in [-0.3, -0.25) is 10.1 Å². The lowest BCUT2D eigenvalue weighted by molar-refractivity contribution is 0.102. The van der Waals surface area contributed by atoms with E-state index in [1.807, 2.05) is 26.0 Å². The molecule has 0 aliphatic heterocycles. The highest BCUT2D eigenvalue weighted by atomic mass is 16.5. The summed E-state index contributed by atoms with van der Waals surface area (Å²) in [5.74, 6) is -0.218. The smallest absolute Gasteiger partial charge is 0.411 e. The zero-order valence-electron chi connectivity index (χ0n) is 15.0. The Hall–Kier alpha value is -3.28. The molecule has 26 heavy (non-hydrogen) atoms. The van der Waals surface area contributed by atoms with Crippen LogP contribution in [-0.4, -0.2) is 23.6 Å². The Morgan fingerprint density at radius 3 is 2.31 bits per heavy atom. The maximum absolute atomic E-state index is 12.5. The molecular weight excluding hydrogens is 330 g/mol. The largest absolute Gasteiger partial charge is 0.450 e. The Kier molecular flexibility index (Phi) is 4.93. The van der Waals surface area contributed by atoms with Crippen molar-refractivity contribution in [2.45, 2.75) is 20.8 Å². The minimum absolute atomic E-state index is 0.218. The molecule has 0 unspecified atom stereocenters. The first-order valence-corrected chi connectivity index (χ1v) is 8.41. The summed E-state index contributed by atoms with van der Waals surface area (Å²) >= 11 is 0. The van der Waals surface area contributed by atoms with Gasteiger partial charge in [0, 0.05) is 22.3 Å². The van der Waals surface area contributed by atoms with E-state index in [-0.39, 0.29) is 5.91 Å². The maximum atomic E-state index is 12.5. The molecule has 0 fully saturated rings. The summed E-state index contributed by atoms with van der Waals surface area (Å²) in [4.78, 5) is 27.0. The number of H-pyrrole nitrogens is 1. The summed E-state index contributed by atoms with van der Waals surface area (Å²) in [6.07, 6.45) is -0.506. The number of ether oxygens (including phenoxy) is 1. The van der Waals surface area contributed by atoms with Gasteiger partial charge in [-0.1, -0.05) is 6.07 Å². The van der Waals surface area contributed by atoms with Crippen LogP contribution >= 0.6 is 0 Å². The van der Waals surface area contributed by atoms with Gasteiger partial charge < -0.3 is 15.0 Å². The van der Waals surface area contributed by atoms with Crippen LogP contribution in [-0.2, 0) is 4.74 Å². The van der Waals surface area contributed by atoms with Crippen molar-refractivity contribution in [2.24, 2.45) is 0 Å². The molecule has 0 radical (unpaired) electrons. The second-order valence-electron chi connectivity index (χ2n) is 6.10. The minimum Gasteiger partial charge on any atom is -0.450 e. The van der Waals surface area contributed by atoms with Crippen LogP contribution in [0.4, 0.5) is 16.2 Å². The molecule has 3 aromatic rings. The lowest BCUT2D eigenvalue weighted by Gasteiger charge is -2.07. The SMILES string of the molecule is CCOC(=O)Nc1ccc(NC(=O)c2cc3c(C)cc(C)cc3[nH]2)cc1. The zero-order valence-corrected chi connectivity index (χ0v) is 15.0. The molecule has 0 spiro atoms. The van der Waals surface area contributed by atoms with Gasteiger partial charge in [0.1, 0.15) is 5.69 Å². The molecule has 2 amide bonds. The highest BCUT2D eigenvalue weighted by Gasteiger charge is 2.11. The summed E-state index contributed by atoms with van der Waals surface area (Å²) in [7, 11) is 0. The molecule has 6 heteroatoms. The van der Waals surface area contributed by atoms with Crippen LogP contribution < -0.4 is 10.6 Å². The third-order valence-electron chi connectivity index (χ3n) is 4.00. The van der Waals surface area contributed by atoms with Crippen LogP contribution in [0.2, 0.25) is 0 Å². The van der Waals surface area contributed by atoms with E-state index in [1.165, 1.54) is 0 Å². The number of carbonyl (C=O) groups is 2. The molecule has 0 saturated carbocycles. The van der Waals surface area contributed by atoms with Crippen molar-refractivity contribution in [2.75, 3.05) is 17.2 Å². The van der Waals surface area contributed by atoms with E-state index in [4.69, 9.17) is 4.74 Å². The fraction of sp³-hybridized carbons (Fsp3) is 0.200. The van der Waals surface area contributed by atoms with Crippen molar-refractivity contribution in [1.82, 2.24) is 4.98 Å². The van der Waals surface area contributed by atoms with Crippen LogP contribution in [0.1, 0.15) is 28.5 Å². The fourth-order valence-corrected chi connectivity index (χ4v) is 2.84. The summed E-state index contributed by atoms with van der Waals surface area (Å²) in [5, 5.41) is 6.49. The van der Waals surface area contributed by atoms with Gasteiger partial charge in [0.15, 0.2) is 0 Å². The van der Waals surface area contributed by atoms with E-state index in [9.17, 15) is 9.59 Å². The van der Waals surface area contributed by atoms with Crippen molar-refractivity contribution in [3.8, 4) is 0 Å². The second-order valence-corrected chi connectivity index (χ2v) is 6.10. The average Bonchev–Trinajstić information content (AvgIpc) is 3.01.